The molecule has 428 valence electrons. The van der Waals surface area contributed by atoms with Crippen LogP contribution >= 0.6 is 0 Å². The van der Waals surface area contributed by atoms with E-state index < -0.39 is 6.10 Å². The lowest BCUT2D eigenvalue weighted by Gasteiger charge is -2.18. The summed E-state index contributed by atoms with van der Waals surface area (Å²) in [5.74, 6) is -1.01. The molecule has 1 unspecified atom stereocenters. The van der Waals surface area contributed by atoms with Crippen LogP contribution in [0.5, 0.6) is 0 Å². The van der Waals surface area contributed by atoms with Crippen LogP contribution in [0.4, 0.5) is 0 Å². The zero-order valence-corrected chi connectivity index (χ0v) is 48.9. The summed E-state index contributed by atoms with van der Waals surface area (Å²) in [5, 5.41) is 0. The maximum atomic E-state index is 12.8. The highest BCUT2D eigenvalue weighted by Gasteiger charge is 2.19. The molecule has 0 amide bonds. The molecule has 6 heteroatoms. The molecule has 77 heavy (non-hydrogen) atoms. The predicted octanol–water partition coefficient (Wildman–Crippen LogP) is 20.9. The molecular formula is C71H108O6. The molecule has 1 atom stereocenters. The van der Waals surface area contributed by atoms with Gasteiger partial charge in [0.25, 0.3) is 0 Å². The third-order valence-electron chi connectivity index (χ3n) is 11.9. The average Bonchev–Trinajstić information content (AvgIpc) is 3.43. The Bertz CT molecular complexity index is 1840. The molecule has 0 aliphatic rings. The Kier molecular flexibility index (Phi) is 58.6. The summed E-state index contributed by atoms with van der Waals surface area (Å²) < 4.78 is 16.8. The van der Waals surface area contributed by atoms with E-state index in [2.05, 4.69) is 203 Å². The molecule has 0 aromatic rings. The van der Waals surface area contributed by atoms with Gasteiger partial charge in [0.1, 0.15) is 13.2 Å². The molecule has 0 aliphatic carbocycles. The van der Waals surface area contributed by atoms with Gasteiger partial charge in [0.05, 0.1) is 0 Å². The Balaban J connectivity index is 4.36. The summed E-state index contributed by atoms with van der Waals surface area (Å²) in [4.78, 5) is 38.1. The van der Waals surface area contributed by atoms with Crippen LogP contribution in [-0.2, 0) is 28.6 Å². The summed E-state index contributed by atoms with van der Waals surface area (Å²) in [7, 11) is 0. The molecule has 0 rings (SSSR count). The molecule has 0 spiro atoms. The molecule has 0 saturated carbocycles. The topological polar surface area (TPSA) is 78.9 Å². The molecule has 0 bridgehead atoms. The van der Waals surface area contributed by atoms with E-state index in [9.17, 15) is 14.4 Å². The van der Waals surface area contributed by atoms with E-state index in [0.717, 1.165) is 180 Å². The third-order valence-corrected chi connectivity index (χ3v) is 11.9. The molecule has 0 N–H and O–H groups in total. The lowest BCUT2D eigenvalue weighted by molar-refractivity contribution is -0.167. The molecule has 0 heterocycles. The number of rotatable bonds is 52. The SMILES string of the molecule is CC/C=C\C/C=C\C/C=C\C/C=C\C/C=C\C/C=C\C/C=C\C/C=C\C/C=C\CCCCCCCC(=O)OCC(COC(=O)CCCCC/C=C\C/C=C\C/C=C\CC)OC(=O)CCCCC/C=C\C/C=C\C/C=C\CC. The van der Waals surface area contributed by atoms with E-state index in [1.54, 1.807) is 0 Å². The van der Waals surface area contributed by atoms with Crippen molar-refractivity contribution in [3.8, 4) is 0 Å². The average molecular weight is 1060 g/mol. The Morgan fingerprint density at radius 3 is 0.740 bits per heavy atom. The minimum Gasteiger partial charge on any atom is -0.462 e. The lowest BCUT2D eigenvalue weighted by Crippen LogP contribution is -2.30. The van der Waals surface area contributed by atoms with Crippen LogP contribution in [-0.4, -0.2) is 37.2 Å². The fourth-order valence-electron chi connectivity index (χ4n) is 7.46. The summed E-state index contributed by atoms with van der Waals surface area (Å²) >= 11 is 0. The number of unbranched alkanes of at least 4 members (excludes halogenated alkanes) is 11. The summed E-state index contributed by atoms with van der Waals surface area (Å²) in [6, 6.07) is 0. The Morgan fingerprint density at radius 1 is 0.260 bits per heavy atom. The molecule has 0 fully saturated rings. The van der Waals surface area contributed by atoms with Crippen molar-refractivity contribution in [3.63, 3.8) is 0 Å². The Morgan fingerprint density at radius 2 is 0.468 bits per heavy atom. The van der Waals surface area contributed by atoms with Gasteiger partial charge in [0.2, 0.25) is 0 Å². The molecule has 0 saturated heterocycles. The number of hydrogen-bond donors (Lipinski definition) is 0. The Hall–Kier alpha value is -5.49. The van der Waals surface area contributed by atoms with Crippen LogP contribution in [0.1, 0.15) is 226 Å². The first-order valence-corrected chi connectivity index (χ1v) is 30.3. The number of esters is 3. The Labute approximate surface area is 472 Å². The third kappa shape index (κ3) is 61.2. The van der Waals surface area contributed by atoms with Gasteiger partial charge in [-0.05, 0) is 154 Å². The van der Waals surface area contributed by atoms with E-state index in [1.807, 2.05) is 0 Å². The van der Waals surface area contributed by atoms with E-state index in [0.29, 0.717) is 19.3 Å². The first kappa shape index (κ1) is 71.5. The normalized spacial score (nSPS) is 13.4. The number of ether oxygens (including phenoxy) is 3. The second-order valence-corrected chi connectivity index (χ2v) is 19.1. The second-order valence-electron chi connectivity index (χ2n) is 19.1. The molecule has 0 radical (unpaired) electrons. The molecule has 0 aliphatic heterocycles. The van der Waals surface area contributed by atoms with Crippen LogP contribution in [0, 0.1) is 0 Å². The predicted molar refractivity (Wildman–Crippen MR) is 334 cm³/mol. The fraction of sp³-hybridized carbons (Fsp3) is 0.535. The van der Waals surface area contributed by atoms with E-state index in [4.69, 9.17) is 14.2 Å². The van der Waals surface area contributed by atoms with Crippen LogP contribution < -0.4 is 0 Å². The zero-order chi connectivity index (χ0) is 55.7. The highest BCUT2D eigenvalue weighted by atomic mass is 16.6. The van der Waals surface area contributed by atoms with Crippen molar-refractivity contribution in [2.45, 2.75) is 232 Å². The van der Waals surface area contributed by atoms with Gasteiger partial charge >= 0.3 is 17.9 Å². The summed E-state index contributed by atoms with van der Waals surface area (Å²) in [6.45, 7) is 6.20. The summed E-state index contributed by atoms with van der Waals surface area (Å²) in [6.07, 6.45) is 94.8. The quantitative estimate of drug-likeness (QED) is 0.0261. The first-order valence-electron chi connectivity index (χ1n) is 30.3. The van der Waals surface area contributed by atoms with Crippen molar-refractivity contribution in [2.75, 3.05) is 13.2 Å². The smallest absolute Gasteiger partial charge is 0.306 e. The van der Waals surface area contributed by atoms with Gasteiger partial charge in [0, 0.05) is 19.3 Å². The lowest BCUT2D eigenvalue weighted by atomic mass is 10.1. The molecule has 0 aromatic carbocycles. The van der Waals surface area contributed by atoms with Gasteiger partial charge < -0.3 is 14.2 Å². The van der Waals surface area contributed by atoms with E-state index in [1.165, 1.54) is 0 Å². The largest absolute Gasteiger partial charge is 0.462 e. The van der Waals surface area contributed by atoms with Crippen molar-refractivity contribution in [2.24, 2.45) is 0 Å². The van der Waals surface area contributed by atoms with Crippen molar-refractivity contribution in [1.82, 2.24) is 0 Å². The van der Waals surface area contributed by atoms with Crippen molar-refractivity contribution in [1.29, 1.82) is 0 Å². The second kappa shape index (κ2) is 63.0. The number of hydrogen-bond acceptors (Lipinski definition) is 6. The molecular weight excluding hydrogens is 949 g/mol. The minimum atomic E-state index is -0.823. The van der Waals surface area contributed by atoms with E-state index >= 15 is 0 Å². The monoisotopic (exact) mass is 1060 g/mol. The molecule has 6 nitrogen and oxygen atoms in total. The van der Waals surface area contributed by atoms with Crippen LogP contribution in [0.2, 0.25) is 0 Å². The summed E-state index contributed by atoms with van der Waals surface area (Å²) in [5.41, 5.74) is 0. The number of allylic oxidation sites excluding steroid dienone is 30. The molecule has 0 aromatic heterocycles. The van der Waals surface area contributed by atoms with E-state index in [-0.39, 0.29) is 37.5 Å². The van der Waals surface area contributed by atoms with Gasteiger partial charge in [-0.3, -0.25) is 14.4 Å². The highest BCUT2D eigenvalue weighted by Crippen LogP contribution is 2.12. The fourth-order valence-corrected chi connectivity index (χ4v) is 7.46. The van der Waals surface area contributed by atoms with Gasteiger partial charge in [-0.2, -0.15) is 0 Å². The number of carbonyl (C=O) groups excluding carboxylic acids is 3. The number of carbonyl (C=O) groups is 3. The zero-order valence-electron chi connectivity index (χ0n) is 48.9. The van der Waals surface area contributed by atoms with Crippen molar-refractivity contribution < 1.29 is 28.6 Å². The van der Waals surface area contributed by atoms with Crippen LogP contribution in [0.25, 0.3) is 0 Å². The maximum absolute atomic E-state index is 12.8. The highest BCUT2D eigenvalue weighted by molar-refractivity contribution is 5.71. The van der Waals surface area contributed by atoms with Crippen LogP contribution in [0.3, 0.4) is 0 Å². The van der Waals surface area contributed by atoms with Crippen molar-refractivity contribution in [3.05, 3.63) is 182 Å². The van der Waals surface area contributed by atoms with Crippen LogP contribution in [0.15, 0.2) is 182 Å². The maximum Gasteiger partial charge on any atom is 0.306 e. The first-order chi connectivity index (χ1) is 38.0. The van der Waals surface area contributed by atoms with Gasteiger partial charge in [0.15, 0.2) is 6.10 Å². The minimum absolute atomic E-state index is 0.119. The van der Waals surface area contributed by atoms with Gasteiger partial charge in [-0.1, -0.05) is 235 Å². The van der Waals surface area contributed by atoms with Gasteiger partial charge in [-0.15, -0.1) is 0 Å². The van der Waals surface area contributed by atoms with Crippen molar-refractivity contribution >= 4 is 17.9 Å². The standard InChI is InChI=1S/C71H108O6/c1-4-7-10-13-16-19-22-25-26-27-28-29-30-31-32-33-34-35-36-37-38-39-40-41-42-43-44-47-49-52-55-58-61-64-70(73)76-67-68(77-71(74)65-62-59-56-53-50-46-24-21-18-15-12-9-6-3)66-75-69(72)63-60-57-54-51-48-45-23-20-17-14-11-8-5-2/h7-12,16-21,25-26,28-29,31-32,34-35,37-38,40-41,43-46,48,50,68H,4-6,13-15,22-24,27,30,33,36,39,42,47,49,51-67H2,1-3H3/b10-7-,11-8-,12-9-,19-16-,20-17-,21-18-,26-25-,29-28-,32-31-,35-34-,38-37-,41-40-,44-43-,48-45-,50-46-. The van der Waals surface area contributed by atoms with Gasteiger partial charge in [-0.25, -0.2) is 0 Å².